The summed E-state index contributed by atoms with van der Waals surface area (Å²) < 4.78 is 0. The van der Waals surface area contributed by atoms with Gasteiger partial charge in [0.25, 0.3) is 0 Å². The van der Waals surface area contributed by atoms with Crippen LogP contribution in [0.5, 0.6) is 0 Å². The number of piperazine rings is 1. The maximum atomic E-state index is 12.1. The molecule has 3 heterocycles. The predicted octanol–water partition coefficient (Wildman–Crippen LogP) is 1.81. The monoisotopic (exact) mass is 379 g/mol. The lowest BCUT2D eigenvalue weighted by molar-refractivity contribution is -0.118. The van der Waals surface area contributed by atoms with Crippen LogP contribution in [-0.4, -0.2) is 65.8 Å². The molecule has 6 nitrogen and oxygen atoms in total. The van der Waals surface area contributed by atoms with Gasteiger partial charge in [-0.3, -0.25) is 4.79 Å². The minimum absolute atomic E-state index is 0.0710. The zero-order valence-electron chi connectivity index (χ0n) is 14.8. The van der Waals surface area contributed by atoms with E-state index < -0.39 is 0 Å². The fourth-order valence-corrected chi connectivity index (χ4v) is 4.86. The Morgan fingerprint density at radius 2 is 2.16 bits per heavy atom. The van der Waals surface area contributed by atoms with Gasteiger partial charge in [-0.25, -0.2) is 9.97 Å². The van der Waals surface area contributed by atoms with Gasteiger partial charge in [-0.1, -0.05) is 11.8 Å². The average Bonchev–Trinajstić information content (AvgIpc) is 2.93. The van der Waals surface area contributed by atoms with Gasteiger partial charge < -0.3 is 15.5 Å². The molecule has 0 saturated carbocycles. The van der Waals surface area contributed by atoms with E-state index >= 15 is 0 Å². The highest BCUT2D eigenvalue weighted by molar-refractivity contribution is 8.00. The van der Waals surface area contributed by atoms with E-state index in [2.05, 4.69) is 39.3 Å². The fraction of sp³-hybridized carbons (Fsp3) is 0.588. The first-order valence-electron chi connectivity index (χ1n) is 8.68. The van der Waals surface area contributed by atoms with Gasteiger partial charge in [0.1, 0.15) is 16.2 Å². The van der Waals surface area contributed by atoms with Gasteiger partial charge in [0, 0.05) is 43.0 Å². The number of carbonyl (C=O) groups is 1. The normalized spacial score (nSPS) is 15.6. The van der Waals surface area contributed by atoms with Gasteiger partial charge in [-0.15, -0.1) is 11.3 Å². The lowest BCUT2D eigenvalue weighted by Crippen LogP contribution is -2.44. The summed E-state index contributed by atoms with van der Waals surface area (Å²) in [7, 11) is 0. The smallest absolute Gasteiger partial charge is 0.230 e. The fourth-order valence-electron chi connectivity index (χ4n) is 2.91. The second kappa shape index (κ2) is 8.93. The number of aromatic nitrogens is 2. The van der Waals surface area contributed by atoms with E-state index in [4.69, 9.17) is 0 Å². The molecule has 0 aromatic carbocycles. The molecule has 0 atom stereocenters. The number of nitrogens with one attached hydrogen (secondary N) is 2. The molecule has 0 unspecified atom stereocenters. The first-order chi connectivity index (χ1) is 12.1. The molecular weight excluding hydrogens is 354 g/mol. The second-order valence-corrected chi connectivity index (χ2v) is 8.39. The van der Waals surface area contributed by atoms with Crippen molar-refractivity contribution in [2.24, 2.45) is 0 Å². The Morgan fingerprint density at radius 3 is 2.96 bits per heavy atom. The Balaban J connectivity index is 1.43. The summed E-state index contributed by atoms with van der Waals surface area (Å²) in [6.45, 7) is 10.3. The summed E-state index contributed by atoms with van der Waals surface area (Å²) >= 11 is 3.18. The Labute approximate surface area is 156 Å². The highest BCUT2D eigenvalue weighted by Gasteiger charge is 2.14. The van der Waals surface area contributed by atoms with E-state index in [9.17, 15) is 4.79 Å². The summed E-state index contributed by atoms with van der Waals surface area (Å²) in [6, 6.07) is 0. The lowest BCUT2D eigenvalue weighted by Gasteiger charge is -2.27. The molecule has 2 N–H and O–H groups in total. The number of thiophene rings is 1. The third kappa shape index (κ3) is 4.91. The Morgan fingerprint density at radius 1 is 1.36 bits per heavy atom. The zero-order chi connectivity index (χ0) is 17.6. The van der Waals surface area contributed by atoms with Gasteiger partial charge in [0.15, 0.2) is 0 Å². The lowest BCUT2D eigenvalue weighted by atomic mass is 10.2. The first-order valence-corrected chi connectivity index (χ1v) is 10.5. The maximum absolute atomic E-state index is 12.1. The van der Waals surface area contributed by atoms with Crippen molar-refractivity contribution in [1.29, 1.82) is 0 Å². The van der Waals surface area contributed by atoms with Crippen LogP contribution in [0.4, 0.5) is 0 Å². The quantitative estimate of drug-likeness (QED) is 0.434. The van der Waals surface area contributed by atoms with Crippen molar-refractivity contribution in [3.8, 4) is 0 Å². The molecule has 1 amide bonds. The van der Waals surface area contributed by atoms with Crippen LogP contribution < -0.4 is 10.6 Å². The summed E-state index contributed by atoms with van der Waals surface area (Å²) in [5.74, 6) is 0.468. The molecule has 0 radical (unpaired) electrons. The second-order valence-electron chi connectivity index (χ2n) is 6.23. The van der Waals surface area contributed by atoms with E-state index in [1.807, 2.05) is 0 Å². The van der Waals surface area contributed by atoms with Crippen LogP contribution in [0.1, 0.15) is 16.9 Å². The number of hydrogen-bond acceptors (Lipinski definition) is 7. The number of hydrogen-bond donors (Lipinski definition) is 2. The Bertz CT molecular complexity index is 727. The number of carbonyl (C=O) groups excluding carboxylic acids is 1. The number of aryl methyl sites for hydroxylation is 2. The SMILES string of the molecule is Cc1sc2ncnc(SCC(=O)NCCCN3CCNCC3)c2c1C. The van der Waals surface area contributed by atoms with Crippen LogP contribution in [0.15, 0.2) is 11.4 Å². The highest BCUT2D eigenvalue weighted by atomic mass is 32.2. The van der Waals surface area contributed by atoms with E-state index in [0.717, 1.165) is 60.9 Å². The maximum Gasteiger partial charge on any atom is 0.230 e. The number of rotatable bonds is 7. The molecule has 136 valence electrons. The van der Waals surface area contributed by atoms with Crippen LogP contribution in [0.25, 0.3) is 10.2 Å². The standard InChI is InChI=1S/C17H25N5OS2/c1-12-13(2)25-17-15(12)16(20-11-21-17)24-10-14(23)19-4-3-7-22-8-5-18-6-9-22/h11,18H,3-10H2,1-2H3,(H,19,23). The van der Waals surface area contributed by atoms with Crippen LogP contribution in [-0.2, 0) is 4.79 Å². The van der Waals surface area contributed by atoms with Crippen molar-refractivity contribution in [1.82, 2.24) is 25.5 Å². The summed E-state index contributed by atoms with van der Waals surface area (Å²) in [4.78, 5) is 25.5. The molecule has 2 aromatic rings. The van der Waals surface area contributed by atoms with Gasteiger partial charge >= 0.3 is 0 Å². The molecule has 8 heteroatoms. The van der Waals surface area contributed by atoms with Crippen molar-refractivity contribution in [3.05, 3.63) is 16.8 Å². The Kier molecular flexibility index (Phi) is 6.63. The minimum atomic E-state index is 0.0710. The van der Waals surface area contributed by atoms with Crippen LogP contribution in [0.2, 0.25) is 0 Å². The van der Waals surface area contributed by atoms with Crippen molar-refractivity contribution < 1.29 is 4.79 Å². The van der Waals surface area contributed by atoms with Crippen molar-refractivity contribution in [3.63, 3.8) is 0 Å². The van der Waals surface area contributed by atoms with E-state index in [1.54, 1.807) is 17.7 Å². The van der Waals surface area contributed by atoms with Gasteiger partial charge in [0.05, 0.1) is 5.75 Å². The van der Waals surface area contributed by atoms with E-state index in [1.165, 1.54) is 22.2 Å². The number of thioether (sulfide) groups is 1. The molecule has 1 fully saturated rings. The van der Waals surface area contributed by atoms with Crippen LogP contribution in [0, 0.1) is 13.8 Å². The summed E-state index contributed by atoms with van der Waals surface area (Å²) in [5.41, 5.74) is 1.22. The molecule has 0 spiro atoms. The van der Waals surface area contributed by atoms with Crippen molar-refractivity contribution in [2.75, 3.05) is 45.0 Å². The van der Waals surface area contributed by atoms with Crippen molar-refractivity contribution in [2.45, 2.75) is 25.3 Å². The predicted molar refractivity (Wildman–Crippen MR) is 105 cm³/mol. The third-order valence-corrected chi connectivity index (χ3v) is 6.56. The molecular formula is C17H25N5OS2. The third-order valence-electron chi connectivity index (χ3n) is 4.45. The minimum Gasteiger partial charge on any atom is -0.355 e. The first kappa shape index (κ1) is 18.6. The number of fused-ring (bicyclic) bond motifs is 1. The zero-order valence-corrected chi connectivity index (χ0v) is 16.4. The van der Waals surface area contributed by atoms with Gasteiger partial charge in [-0.2, -0.15) is 0 Å². The van der Waals surface area contributed by atoms with E-state index in [0.29, 0.717) is 5.75 Å². The molecule has 0 bridgehead atoms. The summed E-state index contributed by atoms with van der Waals surface area (Å²) in [6.07, 6.45) is 2.59. The van der Waals surface area contributed by atoms with Crippen molar-refractivity contribution >= 4 is 39.2 Å². The number of amides is 1. The average molecular weight is 380 g/mol. The molecule has 0 aliphatic carbocycles. The van der Waals surface area contributed by atoms with E-state index in [-0.39, 0.29) is 5.91 Å². The van der Waals surface area contributed by atoms with Gasteiger partial charge in [-0.05, 0) is 32.4 Å². The molecule has 1 saturated heterocycles. The molecule has 3 rings (SSSR count). The molecule has 1 aliphatic heterocycles. The highest BCUT2D eigenvalue weighted by Crippen LogP contribution is 2.34. The molecule has 25 heavy (non-hydrogen) atoms. The Hall–Kier alpha value is -1.22. The van der Waals surface area contributed by atoms with Crippen LogP contribution >= 0.6 is 23.1 Å². The topological polar surface area (TPSA) is 70.2 Å². The molecule has 1 aliphatic rings. The van der Waals surface area contributed by atoms with Gasteiger partial charge in [0.2, 0.25) is 5.91 Å². The largest absolute Gasteiger partial charge is 0.355 e. The number of nitrogens with zero attached hydrogens (tertiary/aromatic N) is 3. The van der Waals surface area contributed by atoms with Crippen LogP contribution in [0.3, 0.4) is 0 Å². The summed E-state index contributed by atoms with van der Waals surface area (Å²) in [5, 5.41) is 8.37. The molecule has 2 aromatic heterocycles.